The Balaban J connectivity index is 0.000000279. The molecule has 0 atom stereocenters. The first-order valence-electron chi connectivity index (χ1n) is 8.09. The van der Waals surface area contributed by atoms with Gasteiger partial charge in [-0.2, -0.15) is 0 Å². The van der Waals surface area contributed by atoms with Crippen molar-refractivity contribution >= 4 is 22.8 Å². The van der Waals surface area contributed by atoms with Gasteiger partial charge in [0, 0.05) is 6.08 Å². The second-order valence-corrected chi connectivity index (χ2v) is 7.26. The summed E-state index contributed by atoms with van der Waals surface area (Å²) in [5.41, 5.74) is 0. The first-order valence-corrected chi connectivity index (χ1v) is 9.32. The molecule has 0 spiro atoms. The standard InChI is InChI=1S/C18H15S.C4H4O4/c1-4-10-16(11-5-1)19(17-12-6-2-7-13-17)18-14-8-3-9-15-18;5-3(6)1-2-4(7)8/h1-15H;1-2H,(H,5,6)(H,7,8)/q+1;/p-1. The van der Waals surface area contributed by atoms with Gasteiger partial charge in [0.05, 0.1) is 16.9 Å². The highest BCUT2D eigenvalue weighted by atomic mass is 32.2. The first-order chi connectivity index (χ1) is 13.1. The molecule has 0 amide bonds. The Bertz CT molecular complexity index is 768. The summed E-state index contributed by atoms with van der Waals surface area (Å²) < 4.78 is 0. The van der Waals surface area contributed by atoms with Gasteiger partial charge >= 0.3 is 5.97 Å². The van der Waals surface area contributed by atoms with Gasteiger partial charge < -0.3 is 15.0 Å². The van der Waals surface area contributed by atoms with Crippen molar-refractivity contribution in [2.45, 2.75) is 14.7 Å². The maximum atomic E-state index is 9.53. The molecule has 0 fully saturated rings. The molecule has 0 bridgehead atoms. The molecule has 0 aromatic heterocycles. The molecule has 0 heterocycles. The van der Waals surface area contributed by atoms with E-state index >= 15 is 0 Å². The number of benzene rings is 3. The average Bonchev–Trinajstić information content (AvgIpc) is 2.70. The minimum atomic E-state index is -1.51. The van der Waals surface area contributed by atoms with Crippen LogP contribution in [0.5, 0.6) is 0 Å². The van der Waals surface area contributed by atoms with E-state index in [-0.39, 0.29) is 10.9 Å². The quantitative estimate of drug-likeness (QED) is 0.546. The first kappa shape index (κ1) is 20.0. The number of hydrogen-bond donors (Lipinski definition) is 1. The van der Waals surface area contributed by atoms with Crippen molar-refractivity contribution in [1.29, 1.82) is 0 Å². The number of hydrogen-bond acceptors (Lipinski definition) is 3. The van der Waals surface area contributed by atoms with Crippen molar-refractivity contribution in [3.8, 4) is 0 Å². The lowest BCUT2D eigenvalue weighted by Gasteiger charge is -2.07. The Morgan fingerprint density at radius 3 is 1.22 bits per heavy atom. The molecule has 0 aliphatic rings. The lowest BCUT2D eigenvalue weighted by molar-refractivity contribution is -0.297. The molecule has 1 N–H and O–H groups in total. The van der Waals surface area contributed by atoms with Crippen LogP contribution in [0, 0.1) is 0 Å². The predicted molar refractivity (Wildman–Crippen MR) is 103 cm³/mol. The minimum Gasteiger partial charge on any atom is -0.545 e. The largest absolute Gasteiger partial charge is 0.545 e. The summed E-state index contributed by atoms with van der Waals surface area (Å²) in [6.45, 7) is 0. The van der Waals surface area contributed by atoms with Gasteiger partial charge in [-0.1, -0.05) is 54.6 Å². The number of rotatable bonds is 5. The molecule has 3 rings (SSSR count). The SMILES string of the molecule is O=C([O-])C=CC(=O)O.c1ccc([S+](c2ccccc2)c2ccccc2)cc1. The molecule has 4 nitrogen and oxygen atoms in total. The zero-order valence-electron chi connectivity index (χ0n) is 14.4. The lowest BCUT2D eigenvalue weighted by Crippen LogP contribution is -2.19. The van der Waals surface area contributed by atoms with Crippen LogP contribution in [0.25, 0.3) is 0 Å². The highest BCUT2D eigenvalue weighted by Gasteiger charge is 2.27. The fourth-order valence-corrected chi connectivity index (χ4v) is 4.32. The van der Waals surface area contributed by atoms with E-state index in [0.717, 1.165) is 0 Å². The van der Waals surface area contributed by atoms with Crippen molar-refractivity contribution in [1.82, 2.24) is 0 Å². The van der Waals surface area contributed by atoms with E-state index in [0.29, 0.717) is 12.2 Å². The third kappa shape index (κ3) is 6.84. The Morgan fingerprint density at radius 1 is 0.667 bits per heavy atom. The lowest BCUT2D eigenvalue weighted by atomic mass is 10.4. The van der Waals surface area contributed by atoms with Gasteiger partial charge in [0.15, 0.2) is 14.7 Å². The molecule has 0 saturated carbocycles. The third-order valence-electron chi connectivity index (χ3n) is 3.30. The second-order valence-electron chi connectivity index (χ2n) is 5.24. The van der Waals surface area contributed by atoms with E-state index in [1.54, 1.807) is 0 Å². The Labute approximate surface area is 160 Å². The van der Waals surface area contributed by atoms with Crippen LogP contribution in [-0.2, 0) is 20.5 Å². The number of carbonyl (C=O) groups is 2. The molecule has 27 heavy (non-hydrogen) atoms. The van der Waals surface area contributed by atoms with E-state index in [4.69, 9.17) is 5.11 Å². The molecule has 0 unspecified atom stereocenters. The third-order valence-corrected chi connectivity index (χ3v) is 5.53. The highest BCUT2D eigenvalue weighted by Crippen LogP contribution is 2.30. The number of carboxylic acids is 2. The summed E-state index contributed by atoms with van der Waals surface area (Å²) >= 11 is 0. The van der Waals surface area contributed by atoms with Gasteiger partial charge in [0.2, 0.25) is 0 Å². The summed E-state index contributed by atoms with van der Waals surface area (Å²) in [5, 5.41) is 17.2. The van der Waals surface area contributed by atoms with E-state index in [1.165, 1.54) is 14.7 Å². The van der Waals surface area contributed by atoms with Gasteiger partial charge in [-0.3, -0.25) is 0 Å². The molecule has 136 valence electrons. The van der Waals surface area contributed by atoms with E-state index in [2.05, 4.69) is 91.0 Å². The Kier molecular flexibility index (Phi) is 7.88. The van der Waals surface area contributed by atoms with Gasteiger partial charge in [-0.15, -0.1) is 0 Å². The molecule has 0 aliphatic carbocycles. The average molecular weight is 378 g/mol. The summed E-state index contributed by atoms with van der Waals surface area (Å²) in [7, 11) is -0.0146. The number of carboxylic acid groups (broad SMARTS) is 2. The van der Waals surface area contributed by atoms with Crippen LogP contribution < -0.4 is 5.11 Å². The molecule has 0 aliphatic heterocycles. The second kappa shape index (κ2) is 10.6. The summed E-state index contributed by atoms with van der Waals surface area (Å²) in [6.07, 6.45) is 0.942. The van der Waals surface area contributed by atoms with Crippen LogP contribution in [0.3, 0.4) is 0 Å². The van der Waals surface area contributed by atoms with Crippen molar-refractivity contribution in [2.75, 3.05) is 0 Å². The fourth-order valence-electron chi connectivity index (χ4n) is 2.22. The van der Waals surface area contributed by atoms with Crippen LogP contribution >= 0.6 is 0 Å². The number of aliphatic carboxylic acids is 2. The van der Waals surface area contributed by atoms with Crippen molar-refractivity contribution in [3.63, 3.8) is 0 Å². The summed E-state index contributed by atoms with van der Waals surface area (Å²) in [4.78, 5) is 23.1. The monoisotopic (exact) mass is 378 g/mol. The van der Waals surface area contributed by atoms with Gasteiger partial charge in [-0.05, 0) is 42.5 Å². The molecule has 0 radical (unpaired) electrons. The van der Waals surface area contributed by atoms with Gasteiger partial charge in [0.1, 0.15) is 0 Å². The van der Waals surface area contributed by atoms with E-state index in [1.807, 2.05) is 0 Å². The van der Waals surface area contributed by atoms with Crippen LogP contribution in [0.1, 0.15) is 0 Å². The van der Waals surface area contributed by atoms with Crippen molar-refractivity contribution < 1.29 is 19.8 Å². The highest BCUT2D eigenvalue weighted by molar-refractivity contribution is 7.97. The minimum absolute atomic E-state index is 0.0146. The maximum absolute atomic E-state index is 9.53. The molecule has 3 aromatic carbocycles. The van der Waals surface area contributed by atoms with Crippen LogP contribution in [0.4, 0.5) is 0 Å². The smallest absolute Gasteiger partial charge is 0.328 e. The van der Waals surface area contributed by atoms with Crippen molar-refractivity contribution in [3.05, 3.63) is 103 Å². The molecular weight excluding hydrogens is 360 g/mol. The predicted octanol–water partition coefficient (Wildman–Crippen LogP) is 3.16. The normalized spacial score (nSPS) is 10.3. The van der Waals surface area contributed by atoms with Gasteiger partial charge in [0.25, 0.3) is 0 Å². The zero-order chi connectivity index (χ0) is 19.5. The zero-order valence-corrected chi connectivity index (χ0v) is 15.2. The van der Waals surface area contributed by atoms with Crippen LogP contribution in [0.2, 0.25) is 0 Å². The summed E-state index contributed by atoms with van der Waals surface area (Å²) in [5.74, 6) is -2.80. The molecular formula is C22H18O4S. The van der Waals surface area contributed by atoms with Crippen LogP contribution in [0.15, 0.2) is 118 Å². The van der Waals surface area contributed by atoms with Gasteiger partial charge in [-0.25, -0.2) is 4.79 Å². The Morgan fingerprint density at radius 2 is 1.00 bits per heavy atom. The molecule has 3 aromatic rings. The Hall–Kier alpha value is -3.31. The maximum Gasteiger partial charge on any atom is 0.328 e. The fraction of sp³-hybridized carbons (Fsp3) is 0. The number of carbonyl (C=O) groups excluding carboxylic acids is 1. The van der Waals surface area contributed by atoms with Crippen molar-refractivity contribution in [2.24, 2.45) is 0 Å². The summed E-state index contributed by atoms with van der Waals surface area (Å²) in [6, 6.07) is 32.2. The van der Waals surface area contributed by atoms with E-state index in [9.17, 15) is 14.7 Å². The van der Waals surface area contributed by atoms with E-state index < -0.39 is 11.9 Å². The van der Waals surface area contributed by atoms with Crippen LogP contribution in [-0.4, -0.2) is 17.0 Å². The molecule has 0 saturated heterocycles. The topological polar surface area (TPSA) is 77.4 Å². The molecule has 5 heteroatoms.